The molecule has 0 aliphatic carbocycles. The number of benzene rings is 1. The first-order valence-electron chi connectivity index (χ1n) is 7.62. The number of methoxy groups -OCH3 is 1. The summed E-state index contributed by atoms with van der Waals surface area (Å²) >= 11 is 0. The molecule has 2 aromatic heterocycles. The van der Waals surface area contributed by atoms with Crippen molar-refractivity contribution in [2.24, 2.45) is 0 Å². The number of nitrogens with zero attached hydrogens (tertiary/aromatic N) is 4. The van der Waals surface area contributed by atoms with Crippen molar-refractivity contribution in [3.05, 3.63) is 54.6 Å². The van der Waals surface area contributed by atoms with Crippen molar-refractivity contribution < 1.29 is 19.1 Å². The van der Waals surface area contributed by atoms with E-state index < -0.39 is 12.1 Å². The van der Waals surface area contributed by atoms with E-state index in [1.807, 2.05) is 0 Å². The number of rotatable bonds is 2. The number of hydrogen-bond donors (Lipinski definition) is 0. The molecule has 1 aromatic carbocycles. The van der Waals surface area contributed by atoms with Crippen molar-refractivity contribution in [2.75, 3.05) is 18.6 Å². The van der Waals surface area contributed by atoms with E-state index in [1.165, 1.54) is 12.0 Å². The molecule has 1 unspecified atom stereocenters. The predicted molar refractivity (Wildman–Crippen MR) is 87.5 cm³/mol. The predicted octanol–water partition coefficient (Wildman–Crippen LogP) is 1.31. The Bertz CT molecular complexity index is 935. The molecule has 3 heterocycles. The van der Waals surface area contributed by atoms with Crippen LogP contribution in [0, 0.1) is 0 Å². The van der Waals surface area contributed by atoms with E-state index in [2.05, 4.69) is 9.97 Å². The number of carbonyl (C=O) groups is 2. The lowest BCUT2D eigenvalue weighted by Crippen LogP contribution is -2.47. The van der Waals surface area contributed by atoms with E-state index in [9.17, 15) is 9.59 Å². The number of aromatic nitrogens is 3. The van der Waals surface area contributed by atoms with Crippen molar-refractivity contribution >= 4 is 23.3 Å². The first-order valence-corrected chi connectivity index (χ1v) is 7.62. The van der Waals surface area contributed by atoms with Crippen molar-refractivity contribution in [3.63, 3.8) is 0 Å². The van der Waals surface area contributed by atoms with Crippen molar-refractivity contribution in [1.82, 2.24) is 14.4 Å². The van der Waals surface area contributed by atoms with Crippen LogP contribution in [-0.2, 0) is 9.53 Å². The number of ether oxygens (including phenoxy) is 2. The minimum absolute atomic E-state index is 0.0455. The van der Waals surface area contributed by atoms with Crippen LogP contribution in [0.15, 0.2) is 48.9 Å². The quantitative estimate of drug-likeness (QED) is 0.655. The number of para-hydroxylation sites is 2. The third-order valence-electron chi connectivity index (χ3n) is 3.94. The van der Waals surface area contributed by atoms with E-state index >= 15 is 0 Å². The van der Waals surface area contributed by atoms with Crippen LogP contribution in [0.25, 0.3) is 5.78 Å². The number of imidazole rings is 1. The van der Waals surface area contributed by atoms with Gasteiger partial charge in [0.05, 0.1) is 19.3 Å². The number of hydrogen-bond acceptors (Lipinski definition) is 6. The Morgan fingerprint density at radius 1 is 1.28 bits per heavy atom. The number of amides is 1. The van der Waals surface area contributed by atoms with Gasteiger partial charge in [-0.25, -0.2) is 14.8 Å². The Balaban J connectivity index is 1.74. The maximum Gasteiger partial charge on any atom is 0.348 e. The van der Waals surface area contributed by atoms with E-state index in [4.69, 9.17) is 9.47 Å². The van der Waals surface area contributed by atoms with Crippen molar-refractivity contribution in [1.29, 1.82) is 0 Å². The minimum Gasteiger partial charge on any atom is -0.475 e. The summed E-state index contributed by atoms with van der Waals surface area (Å²) in [7, 11) is 1.28. The fourth-order valence-electron chi connectivity index (χ4n) is 2.75. The molecule has 1 atom stereocenters. The Morgan fingerprint density at radius 2 is 2.12 bits per heavy atom. The van der Waals surface area contributed by atoms with E-state index in [1.54, 1.807) is 53.3 Å². The monoisotopic (exact) mass is 338 g/mol. The topological polar surface area (TPSA) is 86.0 Å². The molecular weight excluding hydrogens is 324 g/mol. The standard InChI is InChI=1S/C17H14N4O4/c1-24-16(23)14-10-21(12-5-2-3-6-13(12)25-14)15(22)11-9-20-8-4-7-18-17(20)19-11/h2-9,14H,10H2,1H3. The van der Waals surface area contributed by atoms with Crippen molar-refractivity contribution in [3.8, 4) is 5.75 Å². The fourth-order valence-corrected chi connectivity index (χ4v) is 2.75. The van der Waals surface area contributed by atoms with Gasteiger partial charge >= 0.3 is 5.97 Å². The maximum atomic E-state index is 13.0. The molecular formula is C17H14N4O4. The largest absolute Gasteiger partial charge is 0.475 e. The summed E-state index contributed by atoms with van der Waals surface area (Å²) in [5.41, 5.74) is 0.816. The summed E-state index contributed by atoms with van der Waals surface area (Å²) in [6.45, 7) is 0.0455. The highest BCUT2D eigenvalue weighted by molar-refractivity contribution is 6.06. The molecule has 1 aliphatic heterocycles. The highest BCUT2D eigenvalue weighted by Crippen LogP contribution is 2.34. The number of carbonyl (C=O) groups excluding carboxylic acids is 2. The maximum absolute atomic E-state index is 13.0. The van der Waals surface area contributed by atoms with Gasteiger partial charge in [-0.15, -0.1) is 0 Å². The van der Waals surface area contributed by atoms with Crippen LogP contribution in [0.2, 0.25) is 0 Å². The third kappa shape index (κ3) is 2.57. The lowest BCUT2D eigenvalue weighted by atomic mass is 10.1. The van der Waals surface area contributed by atoms with Crippen LogP contribution in [0.5, 0.6) is 5.75 Å². The lowest BCUT2D eigenvalue weighted by molar-refractivity contribution is -0.148. The summed E-state index contributed by atoms with van der Waals surface area (Å²) in [5.74, 6) is -0.00424. The van der Waals surface area contributed by atoms with E-state index in [0.29, 0.717) is 17.2 Å². The summed E-state index contributed by atoms with van der Waals surface area (Å²) in [6, 6.07) is 8.78. The molecule has 0 radical (unpaired) electrons. The van der Waals surface area contributed by atoms with Gasteiger partial charge in [0.2, 0.25) is 11.9 Å². The fraction of sp³-hybridized carbons (Fsp3) is 0.176. The molecule has 0 saturated heterocycles. The van der Waals surface area contributed by atoms with Gasteiger partial charge in [0.1, 0.15) is 11.4 Å². The van der Waals surface area contributed by atoms with E-state index in [-0.39, 0.29) is 18.1 Å². The smallest absolute Gasteiger partial charge is 0.348 e. The van der Waals surface area contributed by atoms with Crippen LogP contribution < -0.4 is 9.64 Å². The van der Waals surface area contributed by atoms with Crippen LogP contribution >= 0.6 is 0 Å². The number of esters is 1. The zero-order valence-electron chi connectivity index (χ0n) is 13.3. The summed E-state index contributed by atoms with van der Waals surface area (Å²) < 4.78 is 12.1. The lowest BCUT2D eigenvalue weighted by Gasteiger charge is -2.33. The Hall–Kier alpha value is -3.42. The van der Waals surface area contributed by atoms with Gasteiger partial charge in [-0.2, -0.15) is 0 Å². The average molecular weight is 338 g/mol. The Kier molecular flexibility index (Phi) is 3.57. The second-order valence-electron chi connectivity index (χ2n) is 5.47. The highest BCUT2D eigenvalue weighted by atomic mass is 16.6. The molecule has 8 nitrogen and oxygen atoms in total. The molecule has 1 aliphatic rings. The Labute approximate surface area is 142 Å². The van der Waals surface area contributed by atoms with Crippen LogP contribution in [-0.4, -0.2) is 46.0 Å². The van der Waals surface area contributed by atoms with Gasteiger partial charge in [-0.05, 0) is 18.2 Å². The minimum atomic E-state index is -0.890. The van der Waals surface area contributed by atoms with Gasteiger partial charge in [0.15, 0.2) is 0 Å². The molecule has 8 heteroatoms. The number of fused-ring (bicyclic) bond motifs is 2. The molecule has 0 N–H and O–H groups in total. The average Bonchev–Trinajstić information content (AvgIpc) is 3.10. The highest BCUT2D eigenvalue weighted by Gasteiger charge is 2.35. The van der Waals surface area contributed by atoms with Crippen LogP contribution in [0.1, 0.15) is 10.5 Å². The summed E-state index contributed by atoms with van der Waals surface area (Å²) in [4.78, 5) is 34.8. The first-order chi connectivity index (χ1) is 12.2. The molecule has 0 bridgehead atoms. The summed E-state index contributed by atoms with van der Waals surface area (Å²) in [5, 5.41) is 0. The normalized spacial score (nSPS) is 16.2. The van der Waals surface area contributed by atoms with Gasteiger partial charge in [-0.1, -0.05) is 12.1 Å². The second-order valence-corrected chi connectivity index (χ2v) is 5.47. The van der Waals surface area contributed by atoms with Gasteiger partial charge in [0.25, 0.3) is 5.91 Å². The van der Waals surface area contributed by atoms with Gasteiger partial charge < -0.3 is 9.47 Å². The summed E-state index contributed by atoms with van der Waals surface area (Å²) in [6.07, 6.45) is 4.08. The molecule has 1 amide bonds. The number of anilines is 1. The van der Waals surface area contributed by atoms with Gasteiger partial charge in [0, 0.05) is 18.6 Å². The molecule has 0 fully saturated rings. The zero-order valence-corrected chi connectivity index (χ0v) is 13.3. The van der Waals surface area contributed by atoms with E-state index in [0.717, 1.165) is 0 Å². The van der Waals surface area contributed by atoms with Gasteiger partial charge in [-0.3, -0.25) is 14.1 Å². The second kappa shape index (κ2) is 5.90. The molecule has 3 aromatic rings. The molecule has 0 spiro atoms. The van der Waals surface area contributed by atoms with Crippen LogP contribution in [0.3, 0.4) is 0 Å². The van der Waals surface area contributed by atoms with Crippen LogP contribution in [0.4, 0.5) is 5.69 Å². The first kappa shape index (κ1) is 15.1. The third-order valence-corrected chi connectivity index (χ3v) is 3.94. The Morgan fingerprint density at radius 3 is 2.92 bits per heavy atom. The molecule has 25 heavy (non-hydrogen) atoms. The van der Waals surface area contributed by atoms with Crippen molar-refractivity contribution in [2.45, 2.75) is 6.10 Å². The SMILES string of the molecule is COC(=O)C1CN(C(=O)c2cn3cccnc3n2)c2ccccc2O1. The molecule has 4 rings (SSSR count). The zero-order chi connectivity index (χ0) is 17.4. The molecule has 0 saturated carbocycles. The molecule has 126 valence electrons.